The van der Waals surface area contributed by atoms with Crippen molar-refractivity contribution in [3.63, 3.8) is 0 Å². The average molecular weight is 279 g/mol. The van der Waals surface area contributed by atoms with Gasteiger partial charge in [0.2, 0.25) is 5.82 Å². The van der Waals surface area contributed by atoms with Gasteiger partial charge in [-0.3, -0.25) is 4.79 Å². The molecule has 1 aromatic heterocycles. The molecule has 2 atom stereocenters. The zero-order valence-corrected chi connectivity index (χ0v) is 11.2. The minimum absolute atomic E-state index is 0.0415. The summed E-state index contributed by atoms with van der Waals surface area (Å²) in [5.41, 5.74) is 0. The third-order valence-corrected chi connectivity index (χ3v) is 3.44. The van der Waals surface area contributed by atoms with Gasteiger partial charge in [0.05, 0.1) is 13.0 Å². The molecule has 2 rings (SSSR count). The number of aliphatic carboxylic acids is 1. The number of hydrogen-bond acceptors (Lipinski definition) is 6. The fraction of sp³-hybridized carbons (Fsp3) is 0.538. The highest BCUT2D eigenvalue weighted by molar-refractivity contribution is 5.85. The Morgan fingerprint density at radius 1 is 1.40 bits per heavy atom. The van der Waals surface area contributed by atoms with Crippen LogP contribution in [0.5, 0.6) is 0 Å². The molecule has 0 radical (unpaired) electrons. The van der Waals surface area contributed by atoms with Crippen molar-refractivity contribution < 1.29 is 19.4 Å². The lowest BCUT2D eigenvalue weighted by Gasteiger charge is -2.29. The molecule has 7 nitrogen and oxygen atoms in total. The van der Waals surface area contributed by atoms with Crippen LogP contribution in [0.2, 0.25) is 0 Å². The number of carbonyl (C=O) groups excluding carboxylic acids is 1. The molecule has 1 heterocycles. The largest absolute Gasteiger partial charge is 0.481 e. The molecule has 7 heteroatoms. The first-order valence-electron chi connectivity index (χ1n) is 6.52. The monoisotopic (exact) mass is 279 g/mol. The molecule has 0 aliphatic heterocycles. The molecule has 1 fully saturated rings. The summed E-state index contributed by atoms with van der Waals surface area (Å²) in [4.78, 5) is 30.4. The van der Waals surface area contributed by atoms with E-state index in [4.69, 9.17) is 0 Å². The molecule has 2 N–H and O–H groups in total. The van der Waals surface area contributed by atoms with Crippen molar-refractivity contribution in [2.45, 2.75) is 31.7 Å². The maximum Gasteiger partial charge on any atom is 0.376 e. The average Bonchev–Trinajstić information content (AvgIpc) is 2.47. The second kappa shape index (κ2) is 6.31. The highest BCUT2D eigenvalue weighted by Crippen LogP contribution is 2.27. The standard InChI is InChI=1S/C13H17N3O4/c1-20-13(19)11-14-7-6-10(16-11)15-9-5-3-2-4-8(9)12(17)18/h6-9H,2-5H2,1H3,(H,17,18)(H,14,15,16). The molecule has 2 unspecified atom stereocenters. The highest BCUT2D eigenvalue weighted by atomic mass is 16.5. The van der Waals surface area contributed by atoms with Gasteiger partial charge in [0.25, 0.3) is 0 Å². The predicted octanol–water partition coefficient (Wildman–Crippen LogP) is 1.32. The Balaban J connectivity index is 2.12. The number of aromatic nitrogens is 2. The van der Waals surface area contributed by atoms with Gasteiger partial charge < -0.3 is 15.2 Å². The fourth-order valence-electron chi connectivity index (χ4n) is 2.42. The summed E-state index contributed by atoms with van der Waals surface area (Å²) in [6.45, 7) is 0. The number of nitrogens with one attached hydrogen (secondary N) is 1. The first kappa shape index (κ1) is 14.2. The third kappa shape index (κ3) is 3.23. The molecule has 1 aliphatic carbocycles. The van der Waals surface area contributed by atoms with Crippen molar-refractivity contribution in [3.8, 4) is 0 Å². The number of ether oxygens (including phenoxy) is 1. The Morgan fingerprint density at radius 2 is 2.15 bits per heavy atom. The van der Waals surface area contributed by atoms with Crippen LogP contribution in [0.15, 0.2) is 12.3 Å². The summed E-state index contributed by atoms with van der Waals surface area (Å²) in [5.74, 6) is -1.45. The van der Waals surface area contributed by atoms with E-state index < -0.39 is 17.9 Å². The molecule has 20 heavy (non-hydrogen) atoms. The highest BCUT2D eigenvalue weighted by Gasteiger charge is 2.31. The summed E-state index contributed by atoms with van der Waals surface area (Å²) >= 11 is 0. The van der Waals surface area contributed by atoms with Crippen LogP contribution in [-0.4, -0.2) is 40.2 Å². The van der Waals surface area contributed by atoms with Crippen molar-refractivity contribution in [1.29, 1.82) is 0 Å². The smallest absolute Gasteiger partial charge is 0.376 e. The van der Waals surface area contributed by atoms with Crippen LogP contribution in [0.25, 0.3) is 0 Å². The second-order valence-electron chi connectivity index (χ2n) is 4.74. The Morgan fingerprint density at radius 3 is 2.85 bits per heavy atom. The molecule has 1 aromatic rings. The second-order valence-corrected chi connectivity index (χ2v) is 4.74. The molecule has 0 saturated heterocycles. The van der Waals surface area contributed by atoms with E-state index >= 15 is 0 Å². The number of hydrogen-bond donors (Lipinski definition) is 2. The van der Waals surface area contributed by atoms with Crippen molar-refractivity contribution >= 4 is 17.8 Å². The lowest BCUT2D eigenvalue weighted by Crippen LogP contribution is -2.37. The van der Waals surface area contributed by atoms with Gasteiger partial charge in [-0.15, -0.1) is 0 Å². The number of anilines is 1. The minimum atomic E-state index is -0.801. The van der Waals surface area contributed by atoms with E-state index in [1.165, 1.54) is 13.3 Å². The summed E-state index contributed by atoms with van der Waals surface area (Å²) in [6.07, 6.45) is 4.78. The van der Waals surface area contributed by atoms with Crippen molar-refractivity contribution in [1.82, 2.24) is 9.97 Å². The molecule has 1 aliphatic rings. The lowest BCUT2D eigenvalue weighted by atomic mass is 9.84. The van der Waals surface area contributed by atoms with Gasteiger partial charge >= 0.3 is 11.9 Å². The number of carbonyl (C=O) groups is 2. The van der Waals surface area contributed by atoms with E-state index in [0.29, 0.717) is 12.2 Å². The normalized spacial score (nSPS) is 22.1. The van der Waals surface area contributed by atoms with E-state index in [-0.39, 0.29) is 11.9 Å². The Kier molecular flexibility index (Phi) is 4.49. The Labute approximate surface area is 116 Å². The van der Waals surface area contributed by atoms with Gasteiger partial charge in [-0.25, -0.2) is 14.8 Å². The van der Waals surface area contributed by atoms with E-state index in [1.807, 2.05) is 0 Å². The first-order valence-corrected chi connectivity index (χ1v) is 6.52. The summed E-state index contributed by atoms with van der Waals surface area (Å²) in [5, 5.41) is 12.3. The van der Waals surface area contributed by atoms with Gasteiger partial charge in [-0.05, 0) is 18.9 Å². The molecule has 0 bridgehead atoms. The van der Waals surface area contributed by atoms with Crippen LogP contribution < -0.4 is 5.32 Å². The van der Waals surface area contributed by atoms with E-state index in [2.05, 4.69) is 20.0 Å². The molecular formula is C13H17N3O4. The van der Waals surface area contributed by atoms with Gasteiger partial charge in [0.1, 0.15) is 5.82 Å². The number of methoxy groups -OCH3 is 1. The summed E-state index contributed by atoms with van der Waals surface area (Å²) in [7, 11) is 1.26. The zero-order valence-electron chi connectivity index (χ0n) is 11.2. The molecular weight excluding hydrogens is 262 g/mol. The van der Waals surface area contributed by atoms with Crippen LogP contribution in [0, 0.1) is 5.92 Å². The fourth-order valence-corrected chi connectivity index (χ4v) is 2.42. The molecule has 0 spiro atoms. The molecule has 1 saturated carbocycles. The predicted molar refractivity (Wildman–Crippen MR) is 70.4 cm³/mol. The molecule has 0 aromatic carbocycles. The number of rotatable bonds is 4. The lowest BCUT2D eigenvalue weighted by molar-refractivity contribution is -0.143. The van der Waals surface area contributed by atoms with Crippen molar-refractivity contribution in [2.24, 2.45) is 5.92 Å². The van der Waals surface area contributed by atoms with Gasteiger partial charge in [-0.1, -0.05) is 12.8 Å². The zero-order chi connectivity index (χ0) is 14.5. The minimum Gasteiger partial charge on any atom is -0.481 e. The number of carboxylic acids is 1. The summed E-state index contributed by atoms with van der Waals surface area (Å²) < 4.78 is 4.55. The Hall–Kier alpha value is -2.18. The van der Waals surface area contributed by atoms with Crippen LogP contribution in [0.4, 0.5) is 5.82 Å². The Bertz CT molecular complexity index is 506. The maximum absolute atomic E-state index is 11.4. The van der Waals surface area contributed by atoms with Gasteiger partial charge in [0, 0.05) is 12.2 Å². The number of nitrogens with zero attached hydrogens (tertiary/aromatic N) is 2. The van der Waals surface area contributed by atoms with Crippen LogP contribution in [0.3, 0.4) is 0 Å². The number of esters is 1. The van der Waals surface area contributed by atoms with Crippen LogP contribution >= 0.6 is 0 Å². The van der Waals surface area contributed by atoms with E-state index in [0.717, 1.165) is 19.3 Å². The van der Waals surface area contributed by atoms with Crippen LogP contribution in [-0.2, 0) is 9.53 Å². The number of carboxylic acid groups (broad SMARTS) is 1. The van der Waals surface area contributed by atoms with Gasteiger partial charge in [0.15, 0.2) is 0 Å². The van der Waals surface area contributed by atoms with Crippen molar-refractivity contribution in [2.75, 3.05) is 12.4 Å². The quantitative estimate of drug-likeness (QED) is 0.801. The maximum atomic E-state index is 11.4. The molecule has 0 amide bonds. The molecule has 108 valence electrons. The topological polar surface area (TPSA) is 101 Å². The van der Waals surface area contributed by atoms with Gasteiger partial charge in [-0.2, -0.15) is 0 Å². The van der Waals surface area contributed by atoms with Crippen LogP contribution in [0.1, 0.15) is 36.3 Å². The SMILES string of the molecule is COC(=O)c1nccc(NC2CCCCC2C(=O)O)n1. The van der Waals surface area contributed by atoms with E-state index in [1.54, 1.807) is 6.07 Å². The third-order valence-electron chi connectivity index (χ3n) is 3.44. The van der Waals surface area contributed by atoms with E-state index in [9.17, 15) is 14.7 Å². The summed E-state index contributed by atoms with van der Waals surface area (Å²) in [6, 6.07) is 1.43. The van der Waals surface area contributed by atoms with Crippen molar-refractivity contribution in [3.05, 3.63) is 18.1 Å². The first-order chi connectivity index (χ1) is 9.61.